The van der Waals surface area contributed by atoms with E-state index in [2.05, 4.69) is 4.98 Å². The van der Waals surface area contributed by atoms with Crippen LogP contribution in [-0.4, -0.2) is 9.55 Å². The summed E-state index contributed by atoms with van der Waals surface area (Å²) in [7, 11) is 0. The predicted octanol–water partition coefficient (Wildman–Crippen LogP) is 3.20. The molecule has 0 saturated carbocycles. The number of halogens is 2. The van der Waals surface area contributed by atoms with Crippen LogP contribution < -0.4 is 5.73 Å². The molecule has 1 aromatic carbocycles. The predicted molar refractivity (Wildman–Crippen MR) is 66.2 cm³/mol. The molecule has 0 fully saturated rings. The number of rotatable bonds is 2. The standard InChI is InChI=1S/C11H11Cl2N3/c1-7(14)11-5-15-6-16(11)10-3-8(12)2-9(13)4-10/h2-7H,14H2,1H3/t7-/m0/s1. The molecule has 2 aromatic rings. The van der Waals surface area contributed by atoms with Crippen molar-refractivity contribution < 1.29 is 0 Å². The molecule has 1 heterocycles. The number of nitrogens with two attached hydrogens (primary N) is 1. The van der Waals surface area contributed by atoms with Crippen molar-refractivity contribution in [2.24, 2.45) is 5.73 Å². The van der Waals surface area contributed by atoms with Gasteiger partial charge in [0.1, 0.15) is 0 Å². The average molecular weight is 256 g/mol. The Morgan fingerprint density at radius 2 is 1.88 bits per heavy atom. The molecule has 0 radical (unpaired) electrons. The quantitative estimate of drug-likeness (QED) is 0.896. The zero-order chi connectivity index (χ0) is 11.7. The highest BCUT2D eigenvalue weighted by Gasteiger charge is 2.09. The molecule has 2 N–H and O–H groups in total. The Kier molecular flexibility index (Phi) is 3.19. The highest BCUT2D eigenvalue weighted by molar-refractivity contribution is 6.34. The molecule has 1 atom stereocenters. The fraction of sp³-hybridized carbons (Fsp3) is 0.182. The Labute approximate surface area is 104 Å². The Hall–Kier alpha value is -1.03. The minimum Gasteiger partial charge on any atom is -0.323 e. The number of hydrogen-bond acceptors (Lipinski definition) is 2. The second kappa shape index (κ2) is 4.45. The van der Waals surface area contributed by atoms with Crippen molar-refractivity contribution in [1.29, 1.82) is 0 Å². The maximum Gasteiger partial charge on any atom is 0.0994 e. The molecule has 0 aliphatic rings. The first-order chi connectivity index (χ1) is 7.58. The van der Waals surface area contributed by atoms with Crippen LogP contribution in [0.25, 0.3) is 5.69 Å². The molecule has 0 saturated heterocycles. The highest BCUT2D eigenvalue weighted by atomic mass is 35.5. The molecule has 1 aromatic heterocycles. The molecule has 3 nitrogen and oxygen atoms in total. The normalized spacial score (nSPS) is 12.8. The topological polar surface area (TPSA) is 43.8 Å². The maximum atomic E-state index is 5.95. The van der Waals surface area contributed by atoms with E-state index in [0.29, 0.717) is 10.0 Å². The van der Waals surface area contributed by atoms with E-state index in [4.69, 9.17) is 28.9 Å². The summed E-state index contributed by atoms with van der Waals surface area (Å²) in [6, 6.07) is 5.23. The molecular weight excluding hydrogens is 245 g/mol. The molecular formula is C11H11Cl2N3. The van der Waals surface area contributed by atoms with E-state index < -0.39 is 0 Å². The smallest absolute Gasteiger partial charge is 0.0994 e. The highest BCUT2D eigenvalue weighted by Crippen LogP contribution is 2.23. The minimum atomic E-state index is -0.0970. The van der Waals surface area contributed by atoms with Crippen LogP contribution in [0, 0.1) is 0 Å². The van der Waals surface area contributed by atoms with Gasteiger partial charge in [0.2, 0.25) is 0 Å². The van der Waals surface area contributed by atoms with E-state index in [9.17, 15) is 0 Å². The van der Waals surface area contributed by atoms with E-state index in [1.165, 1.54) is 0 Å². The minimum absolute atomic E-state index is 0.0970. The van der Waals surface area contributed by atoms with Crippen molar-refractivity contribution in [2.45, 2.75) is 13.0 Å². The third-order valence-electron chi connectivity index (χ3n) is 2.26. The monoisotopic (exact) mass is 255 g/mol. The zero-order valence-corrected chi connectivity index (χ0v) is 10.2. The fourth-order valence-electron chi connectivity index (χ4n) is 1.54. The van der Waals surface area contributed by atoms with E-state index in [1.807, 2.05) is 23.6 Å². The van der Waals surface area contributed by atoms with Crippen LogP contribution in [0.5, 0.6) is 0 Å². The summed E-state index contributed by atoms with van der Waals surface area (Å²) >= 11 is 11.9. The third kappa shape index (κ3) is 2.21. The summed E-state index contributed by atoms with van der Waals surface area (Å²) in [6.45, 7) is 1.90. The Bertz CT molecular complexity index is 485. The molecule has 16 heavy (non-hydrogen) atoms. The lowest BCUT2D eigenvalue weighted by Crippen LogP contribution is -2.10. The first-order valence-corrected chi connectivity index (χ1v) is 5.58. The summed E-state index contributed by atoms with van der Waals surface area (Å²) in [5.74, 6) is 0. The number of hydrogen-bond donors (Lipinski definition) is 1. The van der Waals surface area contributed by atoms with Crippen molar-refractivity contribution in [2.75, 3.05) is 0 Å². The third-order valence-corrected chi connectivity index (χ3v) is 2.70. The van der Waals surface area contributed by atoms with E-state index in [-0.39, 0.29) is 6.04 Å². The number of imidazole rings is 1. The van der Waals surface area contributed by atoms with Gasteiger partial charge >= 0.3 is 0 Å². The van der Waals surface area contributed by atoms with Crippen molar-refractivity contribution in [3.63, 3.8) is 0 Å². The summed E-state index contributed by atoms with van der Waals surface area (Å²) in [6.07, 6.45) is 3.43. The summed E-state index contributed by atoms with van der Waals surface area (Å²) in [5.41, 5.74) is 7.62. The molecule has 0 unspecified atom stereocenters. The molecule has 84 valence electrons. The van der Waals surface area contributed by atoms with Crippen LogP contribution in [0.2, 0.25) is 10.0 Å². The van der Waals surface area contributed by atoms with E-state index in [0.717, 1.165) is 11.4 Å². The first kappa shape index (κ1) is 11.5. The average Bonchev–Trinajstić information content (AvgIpc) is 2.63. The largest absolute Gasteiger partial charge is 0.323 e. The lowest BCUT2D eigenvalue weighted by molar-refractivity contribution is 0.752. The van der Waals surface area contributed by atoms with Crippen LogP contribution in [0.3, 0.4) is 0 Å². The Balaban J connectivity index is 2.54. The van der Waals surface area contributed by atoms with Gasteiger partial charge in [0, 0.05) is 21.8 Å². The SMILES string of the molecule is C[C@H](N)c1cncn1-c1cc(Cl)cc(Cl)c1. The summed E-state index contributed by atoms with van der Waals surface area (Å²) in [5, 5.41) is 1.18. The molecule has 2 rings (SSSR count). The van der Waals surface area contributed by atoms with E-state index >= 15 is 0 Å². The van der Waals surface area contributed by atoms with Crippen molar-refractivity contribution in [3.8, 4) is 5.69 Å². The van der Waals surface area contributed by atoms with Gasteiger partial charge in [-0.25, -0.2) is 4.98 Å². The van der Waals surface area contributed by atoms with Gasteiger partial charge in [0.15, 0.2) is 0 Å². The van der Waals surface area contributed by atoms with Gasteiger partial charge in [0.05, 0.1) is 18.2 Å². The van der Waals surface area contributed by atoms with E-state index in [1.54, 1.807) is 18.6 Å². The molecule has 0 aliphatic carbocycles. The fourth-order valence-corrected chi connectivity index (χ4v) is 2.05. The van der Waals surface area contributed by atoms with Gasteiger partial charge in [-0.2, -0.15) is 0 Å². The maximum absolute atomic E-state index is 5.95. The van der Waals surface area contributed by atoms with Crippen LogP contribution in [0.15, 0.2) is 30.7 Å². The van der Waals surface area contributed by atoms with Gasteiger partial charge < -0.3 is 10.3 Å². The lowest BCUT2D eigenvalue weighted by atomic mass is 10.2. The van der Waals surface area contributed by atoms with Crippen LogP contribution in [0.4, 0.5) is 0 Å². The zero-order valence-electron chi connectivity index (χ0n) is 8.69. The number of aromatic nitrogens is 2. The van der Waals surface area contributed by atoms with Gasteiger partial charge in [0.25, 0.3) is 0 Å². The van der Waals surface area contributed by atoms with Crippen molar-refractivity contribution in [1.82, 2.24) is 9.55 Å². The van der Waals surface area contributed by atoms with Crippen LogP contribution in [0.1, 0.15) is 18.7 Å². The molecule has 5 heteroatoms. The number of benzene rings is 1. The molecule has 0 amide bonds. The van der Waals surface area contributed by atoms with Crippen molar-refractivity contribution >= 4 is 23.2 Å². The van der Waals surface area contributed by atoms with Crippen LogP contribution in [-0.2, 0) is 0 Å². The number of nitrogens with zero attached hydrogens (tertiary/aromatic N) is 2. The molecule has 0 aliphatic heterocycles. The van der Waals surface area contributed by atoms with Gasteiger partial charge in [-0.1, -0.05) is 23.2 Å². The second-order valence-electron chi connectivity index (χ2n) is 3.60. The second-order valence-corrected chi connectivity index (χ2v) is 4.48. The van der Waals surface area contributed by atoms with Gasteiger partial charge in [-0.15, -0.1) is 0 Å². The summed E-state index contributed by atoms with van der Waals surface area (Å²) in [4.78, 5) is 4.08. The van der Waals surface area contributed by atoms with Gasteiger partial charge in [-0.3, -0.25) is 0 Å². The Morgan fingerprint density at radius 3 is 2.44 bits per heavy atom. The van der Waals surface area contributed by atoms with Crippen molar-refractivity contribution in [3.05, 3.63) is 46.5 Å². The summed E-state index contributed by atoms with van der Waals surface area (Å²) < 4.78 is 1.88. The Morgan fingerprint density at radius 1 is 1.25 bits per heavy atom. The molecule has 0 bridgehead atoms. The first-order valence-electron chi connectivity index (χ1n) is 4.82. The van der Waals surface area contributed by atoms with Crippen LogP contribution >= 0.6 is 23.2 Å². The molecule has 0 spiro atoms. The lowest BCUT2D eigenvalue weighted by Gasteiger charge is -2.11. The van der Waals surface area contributed by atoms with Gasteiger partial charge in [-0.05, 0) is 25.1 Å².